The maximum absolute atomic E-state index is 12.6. The van der Waals surface area contributed by atoms with Gasteiger partial charge < -0.3 is 19.9 Å². The minimum absolute atomic E-state index is 0.00561. The molecule has 0 spiro atoms. The number of ketones is 1. The minimum Gasteiger partial charge on any atom is -0.443 e. The number of unbranched alkanes of at least 4 members (excludes halogenated alkanes) is 2. The molecule has 4 atom stereocenters. The zero-order chi connectivity index (χ0) is 26.6. The molecule has 0 radical (unpaired) electrons. The van der Waals surface area contributed by atoms with Gasteiger partial charge in [-0.2, -0.15) is 0 Å². The van der Waals surface area contributed by atoms with E-state index in [2.05, 4.69) is 15.3 Å². The van der Waals surface area contributed by atoms with Crippen molar-refractivity contribution in [3.05, 3.63) is 40.3 Å². The van der Waals surface area contributed by atoms with Crippen LogP contribution in [0.1, 0.15) is 71.4 Å². The Balaban J connectivity index is 1.14. The van der Waals surface area contributed by atoms with Crippen LogP contribution in [0.15, 0.2) is 29.1 Å². The van der Waals surface area contributed by atoms with Crippen LogP contribution in [0.5, 0.6) is 0 Å². The maximum Gasteiger partial charge on any atom is 0.408 e. The Labute approximate surface area is 217 Å². The lowest BCUT2D eigenvalue weighted by molar-refractivity contribution is -0.137. The number of likely N-dealkylation sites (tertiary alicyclic amines) is 1. The van der Waals surface area contributed by atoms with Gasteiger partial charge in [-0.25, -0.2) is 9.78 Å². The summed E-state index contributed by atoms with van der Waals surface area (Å²) in [4.78, 5) is 58.2. The highest BCUT2D eigenvalue weighted by molar-refractivity contribution is 5.90. The molecule has 2 heterocycles. The van der Waals surface area contributed by atoms with Crippen molar-refractivity contribution < 1.29 is 19.1 Å². The molecular formula is C28H38N4O5. The summed E-state index contributed by atoms with van der Waals surface area (Å²) in [6.45, 7) is 5.86. The number of aryl methyl sites for hydroxylation is 1. The Morgan fingerprint density at radius 3 is 2.76 bits per heavy atom. The van der Waals surface area contributed by atoms with Crippen molar-refractivity contribution in [2.75, 3.05) is 13.1 Å². The number of nitrogens with one attached hydrogen (secondary N) is 2. The van der Waals surface area contributed by atoms with Crippen molar-refractivity contribution in [3.8, 4) is 0 Å². The smallest absolute Gasteiger partial charge is 0.408 e. The first-order chi connectivity index (χ1) is 17.7. The summed E-state index contributed by atoms with van der Waals surface area (Å²) in [5, 5.41) is 2.58. The van der Waals surface area contributed by atoms with Gasteiger partial charge in [-0.3, -0.25) is 14.4 Å². The zero-order valence-electron chi connectivity index (χ0n) is 22.0. The highest BCUT2D eigenvalue weighted by atomic mass is 16.6. The lowest BCUT2D eigenvalue weighted by Gasteiger charge is -2.26. The van der Waals surface area contributed by atoms with Crippen molar-refractivity contribution in [2.24, 2.45) is 11.8 Å². The molecule has 1 saturated carbocycles. The van der Waals surface area contributed by atoms with E-state index in [-0.39, 0.29) is 29.7 Å². The molecule has 2 amide bonds. The predicted octanol–water partition coefficient (Wildman–Crippen LogP) is 3.75. The molecule has 1 unspecified atom stereocenters. The van der Waals surface area contributed by atoms with Gasteiger partial charge in [0.1, 0.15) is 17.8 Å². The average molecular weight is 511 g/mol. The standard InChI is InChI=1S/C28H38N4O5/c1-4-19-14-15-32(25(19)18(2)33)24(34)17-29-27(36)37-28(3)16-20(28)10-6-5-7-13-23-26(35)31-22-12-9-8-11-21(22)30-23/h8-9,11-12,19-20,25H,4-7,10,13-17H2,1-3H3,(H,29,36)(H,31,35)/t19-,20-,25-,28?/m1/s1. The number of nitrogens with zero attached hydrogens (tertiary/aromatic N) is 2. The quantitative estimate of drug-likeness (QED) is 0.444. The summed E-state index contributed by atoms with van der Waals surface area (Å²) in [5.74, 6) is 0.227. The summed E-state index contributed by atoms with van der Waals surface area (Å²) in [6, 6.07) is 7.13. The van der Waals surface area contributed by atoms with E-state index in [9.17, 15) is 19.2 Å². The fourth-order valence-electron chi connectivity index (χ4n) is 5.67. The molecule has 2 aliphatic rings. The number of H-pyrrole nitrogens is 1. The van der Waals surface area contributed by atoms with Crippen LogP contribution in [0.25, 0.3) is 11.0 Å². The third-order valence-corrected chi connectivity index (χ3v) is 7.99. The number of hydrogen-bond acceptors (Lipinski definition) is 6. The number of hydrogen-bond donors (Lipinski definition) is 2. The van der Waals surface area contributed by atoms with Gasteiger partial charge >= 0.3 is 6.09 Å². The topological polar surface area (TPSA) is 121 Å². The number of para-hydroxylation sites is 2. The summed E-state index contributed by atoms with van der Waals surface area (Å²) in [7, 11) is 0. The van der Waals surface area contributed by atoms with Crippen molar-refractivity contribution >= 4 is 28.8 Å². The van der Waals surface area contributed by atoms with Crippen LogP contribution in [-0.2, 0) is 20.7 Å². The van der Waals surface area contributed by atoms with Crippen molar-refractivity contribution in [1.29, 1.82) is 0 Å². The molecule has 1 aliphatic heterocycles. The first-order valence-corrected chi connectivity index (χ1v) is 13.5. The third-order valence-electron chi connectivity index (χ3n) is 7.99. The molecule has 2 aromatic rings. The van der Waals surface area contributed by atoms with Gasteiger partial charge in [0.25, 0.3) is 5.56 Å². The van der Waals surface area contributed by atoms with Crippen molar-refractivity contribution in [3.63, 3.8) is 0 Å². The summed E-state index contributed by atoms with van der Waals surface area (Å²) in [5.41, 5.74) is 1.48. The normalized spacial score (nSPS) is 24.7. The molecule has 37 heavy (non-hydrogen) atoms. The van der Waals surface area contributed by atoms with E-state index >= 15 is 0 Å². The Morgan fingerprint density at radius 2 is 2.00 bits per heavy atom. The fraction of sp³-hybridized carbons (Fsp3) is 0.607. The summed E-state index contributed by atoms with van der Waals surface area (Å²) in [6.07, 6.45) is 6.27. The number of amides is 2. The molecule has 1 aliphatic carbocycles. The second-order valence-electron chi connectivity index (χ2n) is 10.7. The number of rotatable bonds is 11. The first-order valence-electron chi connectivity index (χ1n) is 13.5. The number of aromatic nitrogens is 2. The number of ether oxygens (including phenoxy) is 1. The Bertz CT molecular complexity index is 1210. The van der Waals surface area contributed by atoms with Gasteiger partial charge in [0, 0.05) is 12.5 Å². The molecule has 2 N–H and O–H groups in total. The van der Waals surface area contributed by atoms with Gasteiger partial charge in [0.2, 0.25) is 5.91 Å². The van der Waals surface area contributed by atoms with Crippen LogP contribution in [-0.4, -0.2) is 57.4 Å². The van der Waals surface area contributed by atoms with Crippen LogP contribution in [0.4, 0.5) is 4.79 Å². The first kappa shape index (κ1) is 26.8. The number of alkyl carbamates (subject to hydrolysis) is 1. The Hall–Kier alpha value is -3.23. The van der Waals surface area contributed by atoms with Gasteiger partial charge in [-0.05, 0) is 64.0 Å². The molecule has 9 heteroatoms. The number of carbonyl (C=O) groups excluding carboxylic acids is 3. The second-order valence-corrected chi connectivity index (χ2v) is 10.7. The van der Waals surface area contributed by atoms with Crippen LogP contribution in [0.2, 0.25) is 0 Å². The SMILES string of the molecule is CC[C@@H]1CCN(C(=O)CNC(=O)OC2(C)C[C@H]2CCCCCc2nc3ccccc3[nH]c2=O)[C@@H]1C(C)=O. The zero-order valence-corrected chi connectivity index (χ0v) is 22.0. The number of aromatic amines is 1. The molecular weight excluding hydrogens is 472 g/mol. The van der Waals surface area contributed by atoms with Crippen molar-refractivity contribution in [1.82, 2.24) is 20.2 Å². The second kappa shape index (κ2) is 11.4. The van der Waals surface area contributed by atoms with Gasteiger partial charge in [-0.1, -0.05) is 38.3 Å². The summed E-state index contributed by atoms with van der Waals surface area (Å²) < 4.78 is 5.63. The van der Waals surface area contributed by atoms with E-state index in [4.69, 9.17) is 4.74 Å². The monoisotopic (exact) mass is 510 g/mol. The minimum atomic E-state index is -0.592. The third kappa shape index (κ3) is 6.37. The molecule has 0 bridgehead atoms. The van der Waals surface area contributed by atoms with E-state index in [0.29, 0.717) is 24.6 Å². The number of carbonyl (C=O) groups is 3. The molecule has 4 rings (SSSR count). The largest absolute Gasteiger partial charge is 0.443 e. The summed E-state index contributed by atoms with van der Waals surface area (Å²) >= 11 is 0. The van der Waals surface area contributed by atoms with Gasteiger partial charge in [0.15, 0.2) is 5.78 Å². The fourth-order valence-corrected chi connectivity index (χ4v) is 5.67. The lowest BCUT2D eigenvalue weighted by Crippen LogP contribution is -2.47. The number of benzene rings is 1. The van der Waals surface area contributed by atoms with Gasteiger partial charge in [0.05, 0.1) is 17.1 Å². The van der Waals surface area contributed by atoms with Crippen LogP contribution in [0.3, 0.4) is 0 Å². The van der Waals surface area contributed by atoms with Crippen LogP contribution < -0.4 is 10.9 Å². The average Bonchev–Trinajstić information content (AvgIpc) is 3.29. The molecule has 2 fully saturated rings. The lowest BCUT2D eigenvalue weighted by atomic mass is 9.95. The van der Waals surface area contributed by atoms with Crippen molar-refractivity contribution in [2.45, 2.75) is 83.8 Å². The number of Topliss-reactive ketones (excluding diaryl/α,β-unsaturated/α-hetero) is 1. The van der Waals surface area contributed by atoms with Gasteiger partial charge in [-0.15, -0.1) is 0 Å². The predicted molar refractivity (Wildman–Crippen MR) is 140 cm³/mol. The van der Waals surface area contributed by atoms with Crippen LogP contribution >= 0.6 is 0 Å². The molecule has 1 saturated heterocycles. The van der Waals surface area contributed by atoms with E-state index in [1.54, 1.807) is 4.90 Å². The van der Waals surface area contributed by atoms with Crippen LogP contribution in [0, 0.1) is 11.8 Å². The van der Waals surface area contributed by atoms with E-state index in [0.717, 1.165) is 56.0 Å². The molecule has 1 aromatic heterocycles. The van der Waals surface area contributed by atoms with E-state index in [1.165, 1.54) is 6.92 Å². The molecule has 200 valence electrons. The highest BCUT2D eigenvalue weighted by Crippen LogP contribution is 2.49. The Morgan fingerprint density at radius 1 is 1.22 bits per heavy atom. The number of fused-ring (bicyclic) bond motifs is 1. The molecule has 9 nitrogen and oxygen atoms in total. The Kier molecular flexibility index (Phi) is 8.29. The maximum atomic E-state index is 12.6. The van der Waals surface area contributed by atoms with E-state index < -0.39 is 17.7 Å². The van der Waals surface area contributed by atoms with E-state index in [1.807, 2.05) is 38.1 Å². The molecule has 1 aromatic carbocycles. The highest BCUT2D eigenvalue weighted by Gasteiger charge is 2.53.